The Morgan fingerprint density at radius 1 is 1.04 bits per heavy atom. The average Bonchev–Trinajstić information content (AvgIpc) is 2.50. The van der Waals surface area contributed by atoms with E-state index in [1.165, 1.54) is 32.1 Å². The molecule has 1 unspecified atom stereocenters. The summed E-state index contributed by atoms with van der Waals surface area (Å²) in [5.41, 5.74) is 2.87. The second-order valence-electron chi connectivity index (χ2n) is 7.96. The number of carbonyl (C=O) groups excluding carboxylic acids is 1. The first-order valence-electron chi connectivity index (χ1n) is 9.45. The number of carbonyl (C=O) groups is 2. The zero-order chi connectivity index (χ0) is 19.5. The van der Waals surface area contributed by atoms with Gasteiger partial charge in [-0.2, -0.15) is 0 Å². The topological polar surface area (TPSA) is 75.6 Å². The Kier molecular flexibility index (Phi) is 10.9. The van der Waals surface area contributed by atoms with Crippen LogP contribution in [0, 0.1) is 0 Å². The molecular formula is C19H37NO4Si. The Bertz CT molecular complexity index is 445. The normalized spacial score (nSPS) is 14.0. The molecule has 6 heteroatoms. The van der Waals surface area contributed by atoms with Gasteiger partial charge in [-0.05, 0) is 13.3 Å². The molecule has 1 atom stereocenters. The lowest BCUT2D eigenvalue weighted by atomic mass is 10.0. The minimum absolute atomic E-state index is 0.245. The van der Waals surface area contributed by atoms with Gasteiger partial charge in [0.1, 0.15) is 5.16 Å². The van der Waals surface area contributed by atoms with E-state index in [0.717, 1.165) is 19.3 Å². The van der Waals surface area contributed by atoms with Crippen molar-refractivity contribution in [2.75, 3.05) is 0 Å². The highest BCUT2D eigenvalue weighted by atomic mass is 28.3. The molecule has 0 radical (unpaired) electrons. The number of unbranched alkanes of at least 4 members (excludes halogenated alkanes) is 7. The summed E-state index contributed by atoms with van der Waals surface area (Å²) in [6, 6.07) is 0. The highest BCUT2D eigenvalue weighted by molar-refractivity contribution is 6.82. The summed E-state index contributed by atoms with van der Waals surface area (Å²) in [6.45, 7) is 13.2. The van der Waals surface area contributed by atoms with Crippen molar-refractivity contribution in [2.24, 2.45) is 0 Å². The van der Waals surface area contributed by atoms with E-state index in [0.29, 0.717) is 6.42 Å². The fourth-order valence-electron chi connectivity index (χ4n) is 2.80. The number of carboxylic acid groups (broad SMARTS) is 1. The molecule has 0 amide bonds. The first-order valence-corrected chi connectivity index (χ1v) is 13.0. The second kappa shape index (κ2) is 11.5. The summed E-state index contributed by atoms with van der Waals surface area (Å²) in [7, 11) is -2.21. The van der Waals surface area contributed by atoms with E-state index in [4.69, 9.17) is 4.84 Å². The molecule has 0 saturated heterocycles. The van der Waals surface area contributed by atoms with E-state index in [1.807, 2.05) is 19.6 Å². The zero-order valence-corrected chi connectivity index (χ0v) is 17.7. The molecule has 0 rings (SSSR count). The van der Waals surface area contributed by atoms with Crippen LogP contribution in [0.3, 0.4) is 0 Å². The van der Waals surface area contributed by atoms with Gasteiger partial charge in [0, 0.05) is 5.57 Å². The standard InChI is InChI=1S/C19H37NO4Si/c1-7-8-9-10-11-12-13-14-15-19(18(22)23,25(4,5)6)20-24-17(21)16(2)3/h20H,2,7-15H2,1,3-6H3,(H,22,23). The summed E-state index contributed by atoms with van der Waals surface area (Å²) in [5, 5.41) is 8.69. The van der Waals surface area contributed by atoms with E-state index >= 15 is 0 Å². The molecule has 0 heterocycles. The van der Waals surface area contributed by atoms with Gasteiger partial charge < -0.3 is 9.94 Å². The van der Waals surface area contributed by atoms with Crippen LogP contribution < -0.4 is 5.48 Å². The quantitative estimate of drug-likeness (QED) is 0.198. The Morgan fingerprint density at radius 3 is 1.92 bits per heavy atom. The van der Waals surface area contributed by atoms with Gasteiger partial charge in [-0.1, -0.05) is 84.5 Å². The molecular weight excluding hydrogens is 334 g/mol. The van der Waals surface area contributed by atoms with Gasteiger partial charge in [0.25, 0.3) is 0 Å². The van der Waals surface area contributed by atoms with Crippen LogP contribution in [-0.4, -0.2) is 30.3 Å². The molecule has 0 spiro atoms. The van der Waals surface area contributed by atoms with Crippen molar-refractivity contribution in [1.29, 1.82) is 0 Å². The van der Waals surface area contributed by atoms with Gasteiger partial charge >= 0.3 is 11.9 Å². The molecule has 0 aromatic carbocycles. The van der Waals surface area contributed by atoms with Crippen LogP contribution in [0.5, 0.6) is 0 Å². The van der Waals surface area contributed by atoms with Crippen LogP contribution in [0.15, 0.2) is 12.2 Å². The lowest BCUT2D eigenvalue weighted by Crippen LogP contribution is -2.67. The van der Waals surface area contributed by atoms with Crippen molar-refractivity contribution in [3.63, 3.8) is 0 Å². The second-order valence-corrected chi connectivity index (χ2v) is 13.3. The van der Waals surface area contributed by atoms with Crippen molar-refractivity contribution in [2.45, 2.75) is 96.4 Å². The fourth-order valence-corrected chi connectivity index (χ4v) is 4.72. The number of hydroxylamine groups is 1. The highest BCUT2D eigenvalue weighted by Crippen LogP contribution is 2.28. The maximum atomic E-state index is 12.0. The van der Waals surface area contributed by atoms with Crippen molar-refractivity contribution >= 4 is 20.0 Å². The van der Waals surface area contributed by atoms with Crippen molar-refractivity contribution < 1.29 is 19.5 Å². The molecule has 0 aromatic rings. The van der Waals surface area contributed by atoms with E-state index in [2.05, 4.69) is 19.0 Å². The molecule has 0 bridgehead atoms. The minimum atomic E-state index is -2.21. The van der Waals surface area contributed by atoms with Gasteiger partial charge in [0.15, 0.2) is 0 Å². The number of nitrogens with one attached hydrogen (secondary N) is 1. The van der Waals surface area contributed by atoms with E-state index in [-0.39, 0.29) is 5.57 Å². The number of hydrogen-bond acceptors (Lipinski definition) is 4. The highest BCUT2D eigenvalue weighted by Gasteiger charge is 2.51. The Morgan fingerprint density at radius 2 is 1.52 bits per heavy atom. The number of carboxylic acids is 1. The summed E-state index contributed by atoms with van der Waals surface area (Å²) < 4.78 is 0. The average molecular weight is 372 g/mol. The fraction of sp³-hybridized carbons (Fsp3) is 0.789. The monoisotopic (exact) mass is 371 g/mol. The molecule has 146 valence electrons. The molecule has 0 fully saturated rings. The smallest absolute Gasteiger partial charge is 0.351 e. The predicted molar refractivity (Wildman–Crippen MR) is 105 cm³/mol. The van der Waals surface area contributed by atoms with Gasteiger partial charge in [0.05, 0.1) is 8.07 Å². The predicted octanol–water partition coefficient (Wildman–Crippen LogP) is 4.84. The SMILES string of the molecule is C=C(C)C(=O)ONC(CCCCCCCCCC)(C(=O)O)[Si](C)(C)C. The lowest BCUT2D eigenvalue weighted by Gasteiger charge is -2.39. The van der Waals surface area contributed by atoms with Crippen molar-refractivity contribution in [3.05, 3.63) is 12.2 Å². The van der Waals surface area contributed by atoms with Crippen molar-refractivity contribution in [1.82, 2.24) is 5.48 Å². The van der Waals surface area contributed by atoms with Crippen LogP contribution in [0.1, 0.15) is 71.6 Å². The summed E-state index contributed by atoms with van der Waals surface area (Å²) in [4.78, 5) is 28.8. The third kappa shape index (κ3) is 8.18. The maximum absolute atomic E-state index is 12.0. The number of hydrogen-bond donors (Lipinski definition) is 2. The Balaban J connectivity index is 4.67. The Hall–Kier alpha value is -1.14. The number of aliphatic carboxylic acids is 1. The molecule has 0 aliphatic carbocycles. The zero-order valence-electron chi connectivity index (χ0n) is 16.7. The molecule has 0 aliphatic rings. The summed E-state index contributed by atoms with van der Waals surface area (Å²) in [6.07, 6.45) is 9.66. The molecule has 0 aliphatic heterocycles. The van der Waals surface area contributed by atoms with Crippen LogP contribution in [-0.2, 0) is 14.4 Å². The molecule has 0 saturated carbocycles. The van der Waals surface area contributed by atoms with Crippen molar-refractivity contribution in [3.8, 4) is 0 Å². The molecule has 0 aromatic heterocycles. The third-order valence-electron chi connectivity index (χ3n) is 4.72. The molecule has 25 heavy (non-hydrogen) atoms. The van der Waals surface area contributed by atoms with Gasteiger partial charge in [-0.15, -0.1) is 5.48 Å². The van der Waals surface area contributed by atoms with E-state index < -0.39 is 25.2 Å². The number of rotatable bonds is 14. The summed E-state index contributed by atoms with van der Waals surface area (Å²) >= 11 is 0. The van der Waals surface area contributed by atoms with Gasteiger partial charge in [0.2, 0.25) is 0 Å². The Labute approximate surface area is 154 Å². The summed E-state index contributed by atoms with van der Waals surface area (Å²) in [5.74, 6) is -1.55. The van der Waals surface area contributed by atoms with Gasteiger partial charge in [-0.3, -0.25) is 4.79 Å². The maximum Gasteiger partial charge on any atom is 0.351 e. The van der Waals surface area contributed by atoms with E-state index in [1.54, 1.807) is 6.92 Å². The largest absolute Gasteiger partial charge is 0.480 e. The van der Waals surface area contributed by atoms with Crippen LogP contribution in [0.4, 0.5) is 0 Å². The van der Waals surface area contributed by atoms with Crippen LogP contribution in [0.25, 0.3) is 0 Å². The van der Waals surface area contributed by atoms with Crippen LogP contribution in [0.2, 0.25) is 19.6 Å². The first-order chi connectivity index (χ1) is 11.6. The van der Waals surface area contributed by atoms with E-state index in [9.17, 15) is 14.7 Å². The first kappa shape index (κ1) is 23.9. The van der Waals surface area contributed by atoms with Crippen LogP contribution >= 0.6 is 0 Å². The van der Waals surface area contributed by atoms with Gasteiger partial charge in [-0.25, -0.2) is 4.79 Å². The third-order valence-corrected chi connectivity index (χ3v) is 7.84. The molecule has 2 N–H and O–H groups in total. The lowest BCUT2D eigenvalue weighted by molar-refractivity contribution is -0.157. The molecule has 5 nitrogen and oxygen atoms in total. The minimum Gasteiger partial charge on any atom is -0.480 e.